The van der Waals surface area contributed by atoms with Crippen molar-refractivity contribution >= 4 is 17.5 Å². The van der Waals surface area contributed by atoms with Gasteiger partial charge in [0, 0.05) is 5.57 Å². The molecule has 2 aromatic rings. The Morgan fingerprint density at radius 2 is 1.92 bits per heavy atom. The van der Waals surface area contributed by atoms with E-state index in [1.54, 1.807) is 0 Å². The number of carbonyl (C=O) groups is 1. The third kappa shape index (κ3) is 3.58. The summed E-state index contributed by atoms with van der Waals surface area (Å²) in [4.78, 5) is 15.0. The number of aliphatic imine (C=N–C) groups is 1. The molecule has 0 aliphatic carbocycles. The maximum Gasteiger partial charge on any atom is 0.416 e. The first-order valence-corrected chi connectivity index (χ1v) is 7.39. The fraction of sp³-hybridized carbons (Fsp3) is 0.111. The third-order valence-electron chi connectivity index (χ3n) is 3.66. The van der Waals surface area contributed by atoms with Gasteiger partial charge in [0.15, 0.2) is 0 Å². The number of benzene rings is 2. The molecule has 0 atom stereocenters. The van der Waals surface area contributed by atoms with E-state index in [0.29, 0.717) is 0 Å². The zero-order chi connectivity index (χ0) is 18.9. The summed E-state index contributed by atoms with van der Waals surface area (Å²) in [7, 11) is 0. The second-order valence-corrected chi connectivity index (χ2v) is 5.39. The van der Waals surface area contributed by atoms with Crippen LogP contribution >= 0.6 is 0 Å². The summed E-state index contributed by atoms with van der Waals surface area (Å²) >= 11 is 0. The second kappa shape index (κ2) is 6.62. The molecule has 0 saturated carbocycles. The molecule has 2 aromatic carbocycles. The van der Waals surface area contributed by atoms with Gasteiger partial charge in [-0.05, 0) is 35.9 Å². The van der Waals surface area contributed by atoms with Gasteiger partial charge in [-0.25, -0.2) is 4.79 Å². The van der Waals surface area contributed by atoms with E-state index in [2.05, 4.69) is 4.99 Å². The Morgan fingerprint density at radius 1 is 1.15 bits per heavy atom. The Hall–Kier alpha value is -3.16. The third-order valence-corrected chi connectivity index (χ3v) is 3.66. The molecule has 26 heavy (non-hydrogen) atoms. The fourth-order valence-corrected chi connectivity index (χ4v) is 2.44. The van der Waals surface area contributed by atoms with E-state index in [4.69, 9.17) is 4.74 Å². The van der Waals surface area contributed by atoms with Crippen LogP contribution in [-0.4, -0.2) is 23.6 Å². The molecule has 0 aromatic heterocycles. The zero-order valence-electron chi connectivity index (χ0n) is 13.0. The predicted molar refractivity (Wildman–Crippen MR) is 86.3 cm³/mol. The number of hydrogen-bond acceptors (Lipinski definition) is 3. The molecule has 1 aliphatic heterocycles. The highest BCUT2D eigenvalue weighted by molar-refractivity contribution is 6.20. The first kappa shape index (κ1) is 17.7. The molecule has 1 aliphatic rings. The molecule has 0 amide bonds. The Kier molecular flexibility index (Phi) is 4.50. The summed E-state index contributed by atoms with van der Waals surface area (Å²) in [5.41, 5.74) is -0.769. The summed E-state index contributed by atoms with van der Waals surface area (Å²) in [5, 5.41) is 9.36. The van der Waals surface area contributed by atoms with Crippen molar-refractivity contribution in [2.45, 2.75) is 6.18 Å². The van der Waals surface area contributed by atoms with Crippen molar-refractivity contribution in [3.63, 3.8) is 0 Å². The average molecular weight is 365 g/mol. The van der Waals surface area contributed by atoms with Crippen LogP contribution in [0.25, 0.3) is 5.57 Å². The van der Waals surface area contributed by atoms with E-state index >= 15 is 0 Å². The minimum absolute atomic E-state index is 0.156. The van der Waals surface area contributed by atoms with Crippen LogP contribution < -0.4 is 4.74 Å². The average Bonchev–Trinajstić information content (AvgIpc) is 3.00. The normalized spacial score (nSPS) is 14.0. The van der Waals surface area contributed by atoms with Crippen molar-refractivity contribution in [1.29, 1.82) is 0 Å². The van der Waals surface area contributed by atoms with Crippen molar-refractivity contribution in [3.8, 4) is 11.5 Å². The number of carboxylic acid groups (broad SMARTS) is 1. The van der Waals surface area contributed by atoms with Crippen molar-refractivity contribution in [1.82, 2.24) is 0 Å². The van der Waals surface area contributed by atoms with Crippen LogP contribution in [0.5, 0.6) is 11.5 Å². The minimum Gasteiger partial charge on any atom is -0.478 e. The molecule has 4 nitrogen and oxygen atoms in total. The predicted octanol–water partition coefficient (Wildman–Crippen LogP) is 4.96. The van der Waals surface area contributed by atoms with E-state index < -0.39 is 23.7 Å². The lowest BCUT2D eigenvalue weighted by Gasteiger charge is -2.12. The number of aromatic carboxylic acids is 1. The summed E-state index contributed by atoms with van der Waals surface area (Å²) in [6, 6.07) is 7.96. The number of hydrogen-bond donors (Lipinski definition) is 1. The van der Waals surface area contributed by atoms with Gasteiger partial charge in [0.25, 0.3) is 0 Å². The highest BCUT2D eigenvalue weighted by Crippen LogP contribution is 2.34. The van der Waals surface area contributed by atoms with Crippen LogP contribution in [-0.2, 0) is 6.18 Å². The van der Waals surface area contributed by atoms with E-state index in [-0.39, 0.29) is 34.7 Å². The SMILES string of the molecule is O=C(O)c1cc(C2=CCN=C2F)ccc1Oc1cccc(C(F)(F)F)c1. The molecule has 3 rings (SSSR count). The van der Waals surface area contributed by atoms with Crippen LogP contribution in [0.3, 0.4) is 0 Å². The quantitative estimate of drug-likeness (QED) is 0.779. The van der Waals surface area contributed by atoms with Gasteiger partial charge < -0.3 is 9.84 Å². The highest BCUT2D eigenvalue weighted by Gasteiger charge is 2.30. The lowest BCUT2D eigenvalue weighted by Crippen LogP contribution is -2.05. The van der Waals surface area contributed by atoms with Crippen LogP contribution in [0.1, 0.15) is 21.5 Å². The molecule has 0 saturated heterocycles. The number of nitrogens with zero attached hydrogens (tertiary/aromatic N) is 1. The minimum atomic E-state index is -4.55. The number of halogens is 4. The number of ether oxygens (including phenoxy) is 1. The number of rotatable bonds is 4. The number of carboxylic acids is 1. The van der Waals surface area contributed by atoms with E-state index in [9.17, 15) is 27.5 Å². The Morgan fingerprint density at radius 3 is 2.54 bits per heavy atom. The van der Waals surface area contributed by atoms with Gasteiger partial charge in [-0.15, -0.1) is 0 Å². The van der Waals surface area contributed by atoms with E-state index in [0.717, 1.165) is 18.2 Å². The summed E-state index contributed by atoms with van der Waals surface area (Å²) in [6.45, 7) is 0.159. The van der Waals surface area contributed by atoms with Crippen LogP contribution in [0.2, 0.25) is 0 Å². The maximum absolute atomic E-state index is 13.6. The monoisotopic (exact) mass is 365 g/mol. The molecule has 0 bridgehead atoms. The number of alkyl halides is 3. The smallest absolute Gasteiger partial charge is 0.416 e. The Bertz CT molecular complexity index is 932. The van der Waals surface area contributed by atoms with Crippen molar-refractivity contribution < 1.29 is 32.2 Å². The van der Waals surface area contributed by atoms with Gasteiger partial charge in [-0.2, -0.15) is 17.6 Å². The molecule has 8 heteroatoms. The summed E-state index contributed by atoms with van der Waals surface area (Å²) in [6.07, 6.45) is -3.05. The molecule has 1 N–H and O–H groups in total. The van der Waals surface area contributed by atoms with Gasteiger partial charge in [0.2, 0.25) is 5.97 Å². The lowest BCUT2D eigenvalue weighted by atomic mass is 10.0. The van der Waals surface area contributed by atoms with E-state index in [1.807, 2.05) is 0 Å². The Labute approximate surface area is 145 Å². The summed E-state index contributed by atoms with van der Waals surface area (Å²) in [5.74, 6) is -2.38. The lowest BCUT2D eigenvalue weighted by molar-refractivity contribution is -0.137. The van der Waals surface area contributed by atoms with Crippen molar-refractivity contribution in [2.75, 3.05) is 6.54 Å². The Balaban J connectivity index is 1.96. The standard InChI is InChI=1S/C18H11F4NO3/c19-16-13(6-7-23-16)10-4-5-15(14(8-10)17(24)25)26-12-3-1-2-11(9-12)18(20,21)22/h1-6,8-9H,7H2,(H,24,25). The van der Waals surface area contributed by atoms with Gasteiger partial charge in [0.05, 0.1) is 12.1 Å². The van der Waals surface area contributed by atoms with Crippen LogP contribution in [0, 0.1) is 0 Å². The van der Waals surface area contributed by atoms with Crippen molar-refractivity contribution in [3.05, 3.63) is 65.2 Å². The van der Waals surface area contributed by atoms with Gasteiger partial charge in [-0.3, -0.25) is 4.99 Å². The van der Waals surface area contributed by atoms with E-state index in [1.165, 1.54) is 30.3 Å². The van der Waals surface area contributed by atoms with Crippen LogP contribution in [0.15, 0.2) is 53.5 Å². The molecule has 0 spiro atoms. The topological polar surface area (TPSA) is 58.9 Å². The van der Waals surface area contributed by atoms with Crippen LogP contribution in [0.4, 0.5) is 17.6 Å². The summed E-state index contributed by atoms with van der Waals surface area (Å²) < 4.78 is 57.3. The molecular formula is C18H11F4NO3. The van der Waals surface area contributed by atoms with Gasteiger partial charge in [0.1, 0.15) is 17.1 Å². The van der Waals surface area contributed by atoms with Crippen molar-refractivity contribution in [2.24, 2.45) is 4.99 Å². The molecular weight excluding hydrogens is 354 g/mol. The first-order valence-electron chi connectivity index (χ1n) is 7.39. The molecule has 1 heterocycles. The van der Waals surface area contributed by atoms with Gasteiger partial charge >= 0.3 is 12.1 Å². The molecule has 0 fully saturated rings. The zero-order valence-corrected chi connectivity index (χ0v) is 13.0. The molecule has 134 valence electrons. The maximum atomic E-state index is 13.6. The highest BCUT2D eigenvalue weighted by atomic mass is 19.4. The molecule has 0 unspecified atom stereocenters. The largest absolute Gasteiger partial charge is 0.478 e. The second-order valence-electron chi connectivity index (χ2n) is 5.39. The first-order chi connectivity index (χ1) is 12.3. The fourth-order valence-electron chi connectivity index (χ4n) is 2.44. The number of allylic oxidation sites excluding steroid dienone is 1. The molecule has 0 radical (unpaired) electrons. The van der Waals surface area contributed by atoms with Gasteiger partial charge in [-0.1, -0.05) is 18.2 Å².